The molecule has 13 aromatic rings. The Labute approximate surface area is 462 Å². The molecule has 3 aromatic heterocycles. The Hall–Kier alpha value is -11.2. The van der Waals surface area contributed by atoms with Crippen molar-refractivity contribution in [3.8, 4) is 102 Å². The molecule has 0 atom stereocenters. The zero-order chi connectivity index (χ0) is 53.2. The number of benzene rings is 10. The molecule has 0 fully saturated rings. The average molecular weight is 1030 g/mol. The second-order valence-corrected chi connectivity index (χ2v) is 19.0. The van der Waals surface area contributed by atoms with Crippen molar-refractivity contribution in [2.24, 2.45) is 0 Å². The minimum Gasteiger partial charge on any atom is -0.306 e. The van der Waals surface area contributed by atoms with E-state index in [0.29, 0.717) is 52.5 Å². The van der Waals surface area contributed by atoms with Crippen LogP contribution in [0.3, 0.4) is 0 Å². The summed E-state index contributed by atoms with van der Waals surface area (Å²) in [5, 5.41) is 0. The maximum atomic E-state index is 5.52. The minimum atomic E-state index is 0.448. The van der Waals surface area contributed by atoms with Crippen molar-refractivity contribution in [1.29, 1.82) is 0 Å². The molecule has 0 bridgehead atoms. The second-order valence-electron chi connectivity index (χ2n) is 19.0. The molecular formula is C69H45N11. The third-order valence-electron chi connectivity index (χ3n) is 14.0. The number of nitrogens with zero attached hydrogens (tertiary/aromatic N) is 11. The molecule has 80 heavy (non-hydrogen) atoms. The second kappa shape index (κ2) is 20.7. The van der Waals surface area contributed by atoms with Gasteiger partial charge in [0, 0.05) is 44.5 Å². The van der Waals surface area contributed by atoms with Gasteiger partial charge in [0.1, 0.15) is 0 Å². The standard InChI is InChI=1S/C69H45N11/c1-8-26-46(27-9-1)59-53(67-73-61(47-28-10-2-11-29-47)70-62(74-67)48-30-12-3-13-31-48)44-45-58(60(59)68-75-63(49-32-14-4-15-33-49)71-64(76-68)50-34-16-5-17-35-50)79-54-40-22-24-42-56(54)80(57-43-25-23-41-55(57)79)69-77-65(51-36-18-6-19-37-51)72-66(78-69)52-38-20-7-21-39-52/h1-45H. The summed E-state index contributed by atoms with van der Waals surface area (Å²) in [4.78, 5) is 52.1. The number of hydrogen-bond acceptors (Lipinski definition) is 11. The fraction of sp³-hybridized carbons (Fsp3) is 0. The Morgan fingerprint density at radius 1 is 0.175 bits per heavy atom. The largest absolute Gasteiger partial charge is 0.306 e. The maximum Gasteiger partial charge on any atom is 0.238 e. The van der Waals surface area contributed by atoms with Crippen LogP contribution in [0.4, 0.5) is 34.4 Å². The van der Waals surface area contributed by atoms with Gasteiger partial charge in [-0.1, -0.05) is 237 Å². The van der Waals surface area contributed by atoms with Crippen molar-refractivity contribution in [1.82, 2.24) is 44.9 Å². The molecule has 0 unspecified atom stereocenters. The van der Waals surface area contributed by atoms with E-state index in [1.807, 2.05) is 188 Å². The molecule has 0 amide bonds. The van der Waals surface area contributed by atoms with Crippen molar-refractivity contribution in [2.45, 2.75) is 0 Å². The molecule has 11 heteroatoms. The quantitative estimate of drug-likeness (QED) is 0.123. The van der Waals surface area contributed by atoms with Crippen LogP contribution in [0.1, 0.15) is 0 Å². The van der Waals surface area contributed by atoms with Crippen molar-refractivity contribution in [2.75, 3.05) is 9.80 Å². The molecular weight excluding hydrogens is 983 g/mol. The summed E-state index contributed by atoms with van der Waals surface area (Å²) in [7, 11) is 0. The van der Waals surface area contributed by atoms with Crippen molar-refractivity contribution >= 4 is 34.4 Å². The first-order chi connectivity index (χ1) is 39.7. The fourth-order valence-corrected chi connectivity index (χ4v) is 10.3. The van der Waals surface area contributed by atoms with Gasteiger partial charge < -0.3 is 4.90 Å². The normalized spacial score (nSPS) is 11.7. The van der Waals surface area contributed by atoms with Gasteiger partial charge in [0.15, 0.2) is 46.6 Å². The molecule has 0 saturated carbocycles. The molecule has 11 nitrogen and oxygen atoms in total. The summed E-state index contributed by atoms with van der Waals surface area (Å²) < 4.78 is 0. The molecule has 376 valence electrons. The highest BCUT2D eigenvalue weighted by Gasteiger charge is 2.36. The number of para-hydroxylation sites is 4. The summed E-state index contributed by atoms with van der Waals surface area (Å²) in [5.74, 6) is 4.63. The van der Waals surface area contributed by atoms with Crippen LogP contribution in [0.25, 0.3) is 102 Å². The van der Waals surface area contributed by atoms with Crippen LogP contribution in [-0.4, -0.2) is 44.9 Å². The van der Waals surface area contributed by atoms with Gasteiger partial charge in [0.05, 0.1) is 34.0 Å². The highest BCUT2D eigenvalue weighted by atomic mass is 15.3. The van der Waals surface area contributed by atoms with Crippen LogP contribution in [0.15, 0.2) is 273 Å². The molecule has 10 aromatic carbocycles. The van der Waals surface area contributed by atoms with E-state index >= 15 is 0 Å². The summed E-state index contributed by atoms with van der Waals surface area (Å²) in [6.45, 7) is 0. The lowest BCUT2D eigenvalue weighted by Crippen LogP contribution is -2.26. The highest BCUT2D eigenvalue weighted by molar-refractivity contribution is 6.07. The average Bonchev–Trinajstić information content (AvgIpc) is 3.74. The predicted molar refractivity (Wildman–Crippen MR) is 318 cm³/mol. The number of hydrogen-bond donors (Lipinski definition) is 0. The van der Waals surface area contributed by atoms with Crippen LogP contribution in [-0.2, 0) is 0 Å². The third-order valence-corrected chi connectivity index (χ3v) is 14.0. The maximum absolute atomic E-state index is 5.52. The van der Waals surface area contributed by atoms with Gasteiger partial charge in [-0.15, -0.1) is 0 Å². The minimum absolute atomic E-state index is 0.448. The van der Waals surface area contributed by atoms with Gasteiger partial charge in [0.2, 0.25) is 5.95 Å². The smallest absolute Gasteiger partial charge is 0.238 e. The SMILES string of the molecule is c1ccc(-c2nc(-c3ccccc3)nc(-c3ccc(N4c5ccccc5N(c5nc(-c6ccccc6)nc(-c6ccccc6)n5)c5ccccc54)c(-c4nc(-c5ccccc5)nc(-c5ccccc5)n4)c3-c3ccccc3)n2)cc1. The van der Waals surface area contributed by atoms with Crippen LogP contribution in [0.2, 0.25) is 0 Å². The van der Waals surface area contributed by atoms with Crippen molar-refractivity contribution in [3.05, 3.63) is 273 Å². The number of aromatic nitrogens is 9. The zero-order valence-electron chi connectivity index (χ0n) is 42.9. The molecule has 0 radical (unpaired) electrons. The van der Waals surface area contributed by atoms with E-state index < -0.39 is 0 Å². The highest BCUT2D eigenvalue weighted by Crippen LogP contribution is 2.57. The van der Waals surface area contributed by atoms with E-state index in [-0.39, 0.29) is 0 Å². The first-order valence-electron chi connectivity index (χ1n) is 26.3. The molecule has 0 aliphatic carbocycles. The van der Waals surface area contributed by atoms with E-state index in [9.17, 15) is 0 Å². The summed E-state index contributed by atoms with van der Waals surface area (Å²) in [6, 6.07) is 91.7. The Morgan fingerprint density at radius 3 is 0.775 bits per heavy atom. The lowest BCUT2D eigenvalue weighted by molar-refractivity contribution is 1.01. The Kier molecular flexibility index (Phi) is 12.3. The predicted octanol–water partition coefficient (Wildman–Crippen LogP) is 16.5. The molecule has 1 aliphatic rings. The molecule has 0 spiro atoms. The molecule has 4 heterocycles. The van der Waals surface area contributed by atoms with Gasteiger partial charge in [0.25, 0.3) is 0 Å². The number of rotatable bonds is 11. The molecule has 14 rings (SSSR count). The molecule has 0 saturated heterocycles. The van der Waals surface area contributed by atoms with E-state index in [1.165, 1.54) is 0 Å². The third kappa shape index (κ3) is 8.96. The first-order valence-corrected chi connectivity index (χ1v) is 26.3. The van der Waals surface area contributed by atoms with Crippen molar-refractivity contribution in [3.63, 3.8) is 0 Å². The molecule has 1 aliphatic heterocycles. The van der Waals surface area contributed by atoms with Gasteiger partial charge in [-0.3, -0.25) is 4.90 Å². The van der Waals surface area contributed by atoms with Gasteiger partial charge in [-0.05, 0) is 42.0 Å². The van der Waals surface area contributed by atoms with Gasteiger partial charge in [-0.25, -0.2) is 34.9 Å². The van der Waals surface area contributed by atoms with E-state index in [4.69, 9.17) is 44.9 Å². The summed E-state index contributed by atoms with van der Waals surface area (Å²) in [6.07, 6.45) is 0. The Balaban J connectivity index is 1.07. The first kappa shape index (κ1) is 47.3. The van der Waals surface area contributed by atoms with E-state index in [1.54, 1.807) is 0 Å². The number of anilines is 6. The fourth-order valence-electron chi connectivity index (χ4n) is 10.3. The van der Waals surface area contributed by atoms with Gasteiger partial charge in [-0.2, -0.15) is 9.97 Å². The molecule has 0 N–H and O–H groups in total. The van der Waals surface area contributed by atoms with Crippen molar-refractivity contribution < 1.29 is 0 Å². The van der Waals surface area contributed by atoms with Crippen LogP contribution in [0, 0.1) is 0 Å². The van der Waals surface area contributed by atoms with Crippen LogP contribution >= 0.6 is 0 Å². The van der Waals surface area contributed by atoms with Gasteiger partial charge >= 0.3 is 0 Å². The Bertz CT molecular complexity index is 4120. The summed E-state index contributed by atoms with van der Waals surface area (Å²) >= 11 is 0. The van der Waals surface area contributed by atoms with Crippen LogP contribution in [0.5, 0.6) is 0 Å². The van der Waals surface area contributed by atoms with Crippen LogP contribution < -0.4 is 9.80 Å². The van der Waals surface area contributed by atoms with E-state index in [0.717, 1.165) is 84.1 Å². The topological polar surface area (TPSA) is 122 Å². The number of fused-ring (bicyclic) bond motifs is 2. The monoisotopic (exact) mass is 1030 g/mol. The Morgan fingerprint density at radius 2 is 0.438 bits per heavy atom. The van der Waals surface area contributed by atoms with E-state index in [2.05, 4.69) is 94.7 Å². The lowest BCUT2D eigenvalue weighted by Gasteiger charge is -2.40. The zero-order valence-corrected chi connectivity index (χ0v) is 42.9. The summed E-state index contributed by atoms with van der Waals surface area (Å²) in [5.41, 5.74) is 12.5. The lowest BCUT2D eigenvalue weighted by atomic mass is 9.90.